The van der Waals surface area contributed by atoms with E-state index < -0.39 is 16.2 Å². The SMILES string of the molecule is COC(=O)CCN(C)S(=O)(=O)N1CCCC(C)(C)CC1. The highest BCUT2D eigenvalue weighted by molar-refractivity contribution is 7.86. The van der Waals surface area contributed by atoms with Gasteiger partial charge in [-0.25, -0.2) is 0 Å². The van der Waals surface area contributed by atoms with E-state index in [4.69, 9.17) is 0 Å². The molecule has 1 aliphatic rings. The van der Waals surface area contributed by atoms with Crippen LogP contribution in [0.2, 0.25) is 0 Å². The van der Waals surface area contributed by atoms with E-state index >= 15 is 0 Å². The van der Waals surface area contributed by atoms with Gasteiger partial charge in [0.1, 0.15) is 0 Å². The Hall–Kier alpha value is -0.660. The van der Waals surface area contributed by atoms with E-state index in [2.05, 4.69) is 18.6 Å². The van der Waals surface area contributed by atoms with Crippen molar-refractivity contribution in [3.05, 3.63) is 0 Å². The highest BCUT2D eigenvalue weighted by Crippen LogP contribution is 2.30. The molecule has 0 aromatic carbocycles. The summed E-state index contributed by atoms with van der Waals surface area (Å²) in [6.45, 7) is 5.58. The molecule has 0 bridgehead atoms. The molecule has 1 heterocycles. The summed E-state index contributed by atoms with van der Waals surface area (Å²) in [5.41, 5.74) is 0.189. The maximum Gasteiger partial charge on any atom is 0.306 e. The molecule has 7 heteroatoms. The maximum absolute atomic E-state index is 12.4. The number of hydrogen-bond donors (Lipinski definition) is 0. The number of nitrogens with zero attached hydrogens (tertiary/aromatic N) is 2. The number of methoxy groups -OCH3 is 1. The Morgan fingerprint density at radius 1 is 1.30 bits per heavy atom. The number of carbonyl (C=O) groups excluding carboxylic acids is 1. The molecule has 0 amide bonds. The lowest BCUT2D eigenvalue weighted by atomic mass is 9.85. The first kappa shape index (κ1) is 17.4. The first-order valence-corrected chi connectivity index (χ1v) is 8.37. The van der Waals surface area contributed by atoms with Gasteiger partial charge in [0.2, 0.25) is 0 Å². The summed E-state index contributed by atoms with van der Waals surface area (Å²) in [4.78, 5) is 11.1. The molecule has 0 saturated carbocycles. The lowest BCUT2D eigenvalue weighted by Gasteiger charge is -2.27. The van der Waals surface area contributed by atoms with Crippen LogP contribution in [0.15, 0.2) is 0 Å². The minimum atomic E-state index is -3.48. The van der Waals surface area contributed by atoms with E-state index in [0.717, 1.165) is 19.3 Å². The fraction of sp³-hybridized carbons (Fsp3) is 0.923. The minimum absolute atomic E-state index is 0.0750. The molecule has 0 radical (unpaired) electrons. The zero-order chi connectivity index (χ0) is 15.4. The molecule has 1 saturated heterocycles. The molecule has 1 aliphatic heterocycles. The predicted octanol–water partition coefficient (Wildman–Crippen LogP) is 1.24. The zero-order valence-corrected chi connectivity index (χ0v) is 13.7. The molecule has 1 rings (SSSR count). The Labute approximate surface area is 122 Å². The first-order valence-electron chi connectivity index (χ1n) is 6.97. The molecule has 0 N–H and O–H groups in total. The van der Waals surface area contributed by atoms with Gasteiger partial charge < -0.3 is 4.74 Å². The summed E-state index contributed by atoms with van der Waals surface area (Å²) in [5.74, 6) is -0.399. The van der Waals surface area contributed by atoms with Crippen molar-refractivity contribution in [3.8, 4) is 0 Å². The summed E-state index contributed by atoms with van der Waals surface area (Å²) in [5, 5.41) is 0. The topological polar surface area (TPSA) is 66.9 Å². The van der Waals surface area contributed by atoms with Gasteiger partial charge in [-0.05, 0) is 24.7 Å². The average Bonchev–Trinajstić information content (AvgIpc) is 2.56. The summed E-state index contributed by atoms with van der Waals surface area (Å²) < 4.78 is 32.2. The van der Waals surface area contributed by atoms with Crippen molar-refractivity contribution in [1.29, 1.82) is 0 Å². The second kappa shape index (κ2) is 6.87. The molecule has 0 aromatic rings. The Bertz CT molecular complexity index is 434. The molecule has 20 heavy (non-hydrogen) atoms. The van der Waals surface area contributed by atoms with Gasteiger partial charge in [-0.3, -0.25) is 4.79 Å². The van der Waals surface area contributed by atoms with Gasteiger partial charge in [0, 0.05) is 26.7 Å². The molecule has 0 atom stereocenters. The van der Waals surface area contributed by atoms with Crippen LogP contribution in [-0.4, -0.2) is 56.8 Å². The van der Waals surface area contributed by atoms with E-state index in [9.17, 15) is 13.2 Å². The van der Waals surface area contributed by atoms with Gasteiger partial charge in [0.05, 0.1) is 13.5 Å². The number of esters is 1. The third-order valence-corrected chi connectivity index (χ3v) is 5.87. The Balaban J connectivity index is 2.65. The van der Waals surface area contributed by atoms with Gasteiger partial charge in [-0.1, -0.05) is 13.8 Å². The van der Waals surface area contributed by atoms with E-state index in [1.165, 1.54) is 22.8 Å². The predicted molar refractivity (Wildman–Crippen MR) is 77.4 cm³/mol. The van der Waals surface area contributed by atoms with E-state index in [-0.39, 0.29) is 18.4 Å². The van der Waals surface area contributed by atoms with E-state index in [1.54, 1.807) is 0 Å². The van der Waals surface area contributed by atoms with Gasteiger partial charge in [-0.15, -0.1) is 0 Å². The Morgan fingerprint density at radius 2 is 1.95 bits per heavy atom. The van der Waals surface area contributed by atoms with Crippen molar-refractivity contribution in [1.82, 2.24) is 8.61 Å². The molecule has 1 fully saturated rings. The van der Waals surface area contributed by atoms with Crippen LogP contribution in [0.4, 0.5) is 0 Å². The molecule has 0 spiro atoms. The molecule has 0 aromatic heterocycles. The third kappa shape index (κ3) is 4.71. The Morgan fingerprint density at radius 3 is 2.55 bits per heavy atom. The highest BCUT2D eigenvalue weighted by Gasteiger charge is 2.31. The first-order chi connectivity index (χ1) is 9.19. The van der Waals surface area contributed by atoms with Crippen molar-refractivity contribution in [2.24, 2.45) is 5.41 Å². The standard InChI is InChI=1S/C13H26N2O4S/c1-13(2)7-5-9-15(11-8-13)20(17,18)14(3)10-6-12(16)19-4/h5-11H2,1-4H3. The average molecular weight is 306 g/mol. The number of carbonyl (C=O) groups is 1. The maximum atomic E-state index is 12.4. The fourth-order valence-corrected chi connectivity index (χ4v) is 3.69. The summed E-state index contributed by atoms with van der Waals surface area (Å²) in [6, 6.07) is 0. The highest BCUT2D eigenvalue weighted by atomic mass is 32.2. The summed E-state index contributed by atoms with van der Waals surface area (Å²) in [6.07, 6.45) is 2.84. The Kier molecular flexibility index (Phi) is 5.97. The third-order valence-electron chi connectivity index (χ3n) is 3.88. The van der Waals surface area contributed by atoms with Gasteiger partial charge in [-0.2, -0.15) is 17.0 Å². The summed E-state index contributed by atoms with van der Waals surface area (Å²) in [7, 11) is -0.673. The second-order valence-electron chi connectivity index (χ2n) is 6.07. The number of rotatable bonds is 5. The van der Waals surface area contributed by atoms with Crippen molar-refractivity contribution in [2.75, 3.05) is 33.8 Å². The van der Waals surface area contributed by atoms with Gasteiger partial charge >= 0.3 is 5.97 Å². The second-order valence-corrected chi connectivity index (χ2v) is 8.11. The largest absolute Gasteiger partial charge is 0.469 e. The van der Waals surface area contributed by atoms with E-state index in [0.29, 0.717) is 13.1 Å². The van der Waals surface area contributed by atoms with Crippen molar-refractivity contribution in [2.45, 2.75) is 39.5 Å². The van der Waals surface area contributed by atoms with Gasteiger partial charge in [0.15, 0.2) is 0 Å². The molecule has 6 nitrogen and oxygen atoms in total. The summed E-state index contributed by atoms with van der Waals surface area (Å²) >= 11 is 0. The van der Waals surface area contributed by atoms with E-state index in [1.807, 2.05) is 0 Å². The van der Waals surface area contributed by atoms with Crippen molar-refractivity contribution in [3.63, 3.8) is 0 Å². The molecular formula is C13H26N2O4S. The molecule has 118 valence electrons. The van der Waals surface area contributed by atoms with Gasteiger partial charge in [0.25, 0.3) is 10.2 Å². The van der Waals surface area contributed by atoms with Crippen molar-refractivity contribution < 1.29 is 17.9 Å². The monoisotopic (exact) mass is 306 g/mol. The molecular weight excluding hydrogens is 280 g/mol. The normalized spacial score (nSPS) is 20.6. The van der Waals surface area contributed by atoms with Crippen LogP contribution in [0.25, 0.3) is 0 Å². The van der Waals surface area contributed by atoms with Crippen LogP contribution >= 0.6 is 0 Å². The van der Waals surface area contributed by atoms with Crippen molar-refractivity contribution >= 4 is 16.2 Å². The van der Waals surface area contributed by atoms with Crippen LogP contribution in [0.1, 0.15) is 39.5 Å². The lowest BCUT2D eigenvalue weighted by molar-refractivity contribution is -0.140. The fourth-order valence-electron chi connectivity index (χ4n) is 2.29. The molecule has 0 aliphatic carbocycles. The van der Waals surface area contributed by atoms with Crippen LogP contribution < -0.4 is 0 Å². The van der Waals surface area contributed by atoms with Crippen LogP contribution in [-0.2, 0) is 19.7 Å². The molecule has 0 unspecified atom stereocenters. The zero-order valence-electron chi connectivity index (χ0n) is 12.9. The lowest BCUT2D eigenvalue weighted by Crippen LogP contribution is -2.43. The smallest absolute Gasteiger partial charge is 0.306 e. The quantitative estimate of drug-likeness (QED) is 0.717. The number of ether oxygens (including phenoxy) is 1. The van der Waals surface area contributed by atoms with Crippen LogP contribution in [0, 0.1) is 5.41 Å². The van der Waals surface area contributed by atoms with Crippen LogP contribution in [0.3, 0.4) is 0 Å². The number of hydrogen-bond acceptors (Lipinski definition) is 4. The van der Waals surface area contributed by atoms with Crippen LogP contribution in [0.5, 0.6) is 0 Å². The minimum Gasteiger partial charge on any atom is -0.469 e.